The first-order chi connectivity index (χ1) is 15.9. The summed E-state index contributed by atoms with van der Waals surface area (Å²) in [7, 11) is 0. The maximum Gasteiger partial charge on any atom is 0.265 e. The lowest BCUT2D eigenvalue weighted by Crippen LogP contribution is -2.39. The molecular formula is C24H25N3O4S2. The molecule has 2 aromatic heterocycles. The number of Topliss-reactive ketones (excluding diaryl/α,β-unsaturated/α-hetero) is 1. The maximum absolute atomic E-state index is 12.9. The highest BCUT2D eigenvalue weighted by atomic mass is 32.2. The van der Waals surface area contributed by atoms with Crippen LogP contribution in [-0.2, 0) is 17.6 Å². The predicted octanol–water partition coefficient (Wildman–Crippen LogP) is 4.22. The van der Waals surface area contributed by atoms with Crippen LogP contribution in [0, 0.1) is 5.92 Å². The topological polar surface area (TPSA) is 92.4 Å². The molecule has 172 valence electrons. The minimum Gasteiger partial charge on any atom is -0.482 e. The number of hydrogen-bond donors (Lipinski definition) is 1. The molecule has 9 heteroatoms. The molecule has 1 unspecified atom stereocenters. The van der Waals surface area contributed by atoms with Crippen molar-refractivity contribution >= 4 is 50.7 Å². The van der Waals surface area contributed by atoms with Gasteiger partial charge >= 0.3 is 0 Å². The number of nitrogens with zero attached hydrogens (tertiary/aromatic N) is 2. The number of thioether (sulfide) groups is 1. The van der Waals surface area contributed by atoms with Crippen LogP contribution in [0.4, 0.5) is 5.69 Å². The number of carbonyl (C=O) groups excluding carboxylic acids is 2. The van der Waals surface area contributed by atoms with E-state index in [4.69, 9.17) is 4.74 Å². The zero-order chi connectivity index (χ0) is 23.1. The molecule has 0 spiro atoms. The minimum atomic E-state index is -0.123. The quantitative estimate of drug-likeness (QED) is 0.321. The number of ketones is 1. The van der Waals surface area contributed by atoms with Crippen LogP contribution in [0.3, 0.4) is 0 Å². The average Bonchev–Trinajstić information content (AvgIpc) is 3.17. The molecule has 2 aliphatic rings. The standard InChI is InChI=1S/C24H25N3O4S2/c1-3-8-27-16-10-14(5-7-18(16)31-11-20(27)29)17(28)12-32-24-25-22(30)21-15-6-4-13(2)9-19(15)33-23(21)26-24/h5,7,10,13H,3-4,6,8-9,11-12H2,1-2H3,(H,25,26,30). The number of aromatic nitrogens is 2. The Labute approximate surface area is 199 Å². The van der Waals surface area contributed by atoms with Gasteiger partial charge in [0.25, 0.3) is 11.5 Å². The van der Waals surface area contributed by atoms with Crippen molar-refractivity contribution in [3.63, 3.8) is 0 Å². The number of rotatable bonds is 6. The van der Waals surface area contributed by atoms with E-state index in [2.05, 4.69) is 16.9 Å². The predicted molar refractivity (Wildman–Crippen MR) is 131 cm³/mol. The molecule has 3 heterocycles. The summed E-state index contributed by atoms with van der Waals surface area (Å²) in [5, 5.41) is 1.17. The summed E-state index contributed by atoms with van der Waals surface area (Å²) in [6.07, 6.45) is 3.82. The zero-order valence-electron chi connectivity index (χ0n) is 18.6. The van der Waals surface area contributed by atoms with Gasteiger partial charge in [-0.2, -0.15) is 0 Å². The lowest BCUT2D eigenvalue weighted by Gasteiger charge is -2.29. The molecule has 0 fully saturated rings. The lowest BCUT2D eigenvalue weighted by molar-refractivity contribution is -0.121. The van der Waals surface area contributed by atoms with Crippen molar-refractivity contribution in [3.05, 3.63) is 44.6 Å². The van der Waals surface area contributed by atoms with E-state index in [-0.39, 0.29) is 29.6 Å². The van der Waals surface area contributed by atoms with Gasteiger partial charge in [0, 0.05) is 17.0 Å². The third-order valence-corrected chi connectivity index (χ3v) is 8.18. The van der Waals surface area contributed by atoms with Crippen LogP contribution < -0.4 is 15.2 Å². The molecule has 33 heavy (non-hydrogen) atoms. The third kappa shape index (κ3) is 4.19. The number of amides is 1. The average molecular weight is 484 g/mol. The molecular weight excluding hydrogens is 458 g/mol. The largest absolute Gasteiger partial charge is 0.482 e. The Morgan fingerprint density at radius 3 is 3.03 bits per heavy atom. The van der Waals surface area contributed by atoms with E-state index < -0.39 is 0 Å². The summed E-state index contributed by atoms with van der Waals surface area (Å²) in [6.45, 7) is 4.84. The molecule has 3 aromatic rings. The van der Waals surface area contributed by atoms with Gasteiger partial charge in [0.2, 0.25) is 0 Å². The Morgan fingerprint density at radius 1 is 1.36 bits per heavy atom. The second kappa shape index (κ2) is 8.95. The van der Waals surface area contributed by atoms with Gasteiger partial charge < -0.3 is 14.6 Å². The molecule has 0 saturated heterocycles. The van der Waals surface area contributed by atoms with Gasteiger partial charge in [0.15, 0.2) is 17.5 Å². The van der Waals surface area contributed by atoms with E-state index in [1.54, 1.807) is 34.4 Å². The fraction of sp³-hybridized carbons (Fsp3) is 0.417. The molecule has 7 nitrogen and oxygen atoms in total. The van der Waals surface area contributed by atoms with E-state index in [0.29, 0.717) is 40.0 Å². The van der Waals surface area contributed by atoms with Gasteiger partial charge in [-0.05, 0) is 55.4 Å². The number of hydrogen-bond acceptors (Lipinski definition) is 7. The van der Waals surface area contributed by atoms with E-state index in [9.17, 15) is 14.4 Å². The Hall–Kier alpha value is -2.65. The van der Waals surface area contributed by atoms with Crippen LogP contribution in [0.25, 0.3) is 10.2 Å². The van der Waals surface area contributed by atoms with Crippen LogP contribution >= 0.6 is 23.1 Å². The molecule has 1 aromatic carbocycles. The number of aromatic amines is 1. The number of fused-ring (bicyclic) bond motifs is 4. The van der Waals surface area contributed by atoms with Crippen molar-refractivity contribution in [1.29, 1.82) is 0 Å². The molecule has 0 bridgehead atoms. The highest BCUT2D eigenvalue weighted by Crippen LogP contribution is 2.36. The van der Waals surface area contributed by atoms with Crippen LogP contribution in [0.1, 0.15) is 47.5 Å². The highest BCUT2D eigenvalue weighted by Gasteiger charge is 2.26. The van der Waals surface area contributed by atoms with Gasteiger partial charge in [0.1, 0.15) is 10.6 Å². The Morgan fingerprint density at radius 2 is 2.21 bits per heavy atom. The van der Waals surface area contributed by atoms with Gasteiger partial charge in [-0.3, -0.25) is 14.4 Å². The summed E-state index contributed by atoms with van der Waals surface area (Å²) in [5.74, 6) is 1.17. The molecule has 5 rings (SSSR count). The Kier molecular flexibility index (Phi) is 6.01. The van der Waals surface area contributed by atoms with Gasteiger partial charge in [-0.25, -0.2) is 4.98 Å². The van der Waals surface area contributed by atoms with E-state index in [0.717, 1.165) is 36.1 Å². The SMILES string of the molecule is CCCN1C(=O)COc2ccc(C(=O)CSc3nc4sc5c(c4c(=O)[nH]3)CCC(C)C5)cc21. The number of carbonyl (C=O) groups is 2. The number of aryl methyl sites for hydroxylation is 1. The minimum absolute atomic E-state index is 0.0166. The van der Waals surface area contributed by atoms with Crippen LogP contribution in [0.2, 0.25) is 0 Å². The molecule has 0 saturated carbocycles. The van der Waals surface area contributed by atoms with E-state index in [1.165, 1.54) is 16.6 Å². The van der Waals surface area contributed by atoms with Gasteiger partial charge in [-0.1, -0.05) is 25.6 Å². The number of H-pyrrole nitrogens is 1. The van der Waals surface area contributed by atoms with E-state index in [1.807, 2.05) is 6.92 Å². The second-order valence-electron chi connectivity index (χ2n) is 8.63. The number of nitrogens with one attached hydrogen (secondary N) is 1. The second-order valence-corrected chi connectivity index (χ2v) is 10.7. The molecule has 1 aliphatic carbocycles. The summed E-state index contributed by atoms with van der Waals surface area (Å²) < 4.78 is 5.52. The number of ether oxygens (including phenoxy) is 1. The number of thiophene rings is 1. The van der Waals surface area contributed by atoms with Gasteiger partial charge in [-0.15, -0.1) is 11.3 Å². The molecule has 1 aliphatic heterocycles. The normalized spacial score (nSPS) is 17.6. The van der Waals surface area contributed by atoms with Gasteiger partial charge in [0.05, 0.1) is 16.8 Å². The molecule has 1 atom stereocenters. The molecule has 1 amide bonds. The summed E-state index contributed by atoms with van der Waals surface area (Å²) >= 11 is 2.83. The summed E-state index contributed by atoms with van der Waals surface area (Å²) in [5.41, 5.74) is 2.17. The van der Waals surface area contributed by atoms with Crippen molar-refractivity contribution in [2.24, 2.45) is 5.92 Å². The monoisotopic (exact) mass is 483 g/mol. The van der Waals surface area contributed by atoms with Crippen LogP contribution in [-0.4, -0.2) is 40.6 Å². The first kappa shape index (κ1) is 22.2. The van der Waals surface area contributed by atoms with Crippen LogP contribution in [0.5, 0.6) is 5.75 Å². The van der Waals surface area contributed by atoms with Crippen LogP contribution in [0.15, 0.2) is 28.2 Å². The van der Waals surface area contributed by atoms with Crippen molar-refractivity contribution in [2.75, 3.05) is 23.8 Å². The third-order valence-electron chi connectivity index (χ3n) is 6.15. The molecule has 1 N–H and O–H groups in total. The fourth-order valence-electron chi connectivity index (χ4n) is 4.46. The van der Waals surface area contributed by atoms with Crippen molar-refractivity contribution in [3.8, 4) is 5.75 Å². The fourth-order valence-corrected chi connectivity index (χ4v) is 6.66. The number of anilines is 1. The highest BCUT2D eigenvalue weighted by molar-refractivity contribution is 7.99. The maximum atomic E-state index is 12.9. The smallest absolute Gasteiger partial charge is 0.265 e. The van der Waals surface area contributed by atoms with Crippen molar-refractivity contribution in [2.45, 2.75) is 44.7 Å². The lowest BCUT2D eigenvalue weighted by atomic mass is 9.89. The van der Waals surface area contributed by atoms with Crippen molar-refractivity contribution in [1.82, 2.24) is 9.97 Å². The number of benzene rings is 1. The first-order valence-corrected chi connectivity index (χ1v) is 13.0. The first-order valence-electron chi connectivity index (χ1n) is 11.2. The zero-order valence-corrected chi connectivity index (χ0v) is 20.2. The summed E-state index contributed by atoms with van der Waals surface area (Å²) in [6, 6.07) is 5.18. The van der Waals surface area contributed by atoms with E-state index >= 15 is 0 Å². The van der Waals surface area contributed by atoms with Crippen molar-refractivity contribution < 1.29 is 14.3 Å². The Balaban J connectivity index is 1.35. The Bertz CT molecular complexity index is 1310. The molecule has 0 radical (unpaired) electrons. The summed E-state index contributed by atoms with van der Waals surface area (Å²) in [4.78, 5) is 49.1.